The van der Waals surface area contributed by atoms with Gasteiger partial charge in [-0.3, -0.25) is 0 Å². The molecule has 1 unspecified atom stereocenters. The third-order valence-electron chi connectivity index (χ3n) is 4.76. The van der Waals surface area contributed by atoms with Gasteiger partial charge in [0, 0.05) is 0 Å². The lowest BCUT2D eigenvalue weighted by molar-refractivity contribution is 0.375. The third-order valence-corrected chi connectivity index (χ3v) is 6.98. The van der Waals surface area contributed by atoms with Crippen molar-refractivity contribution in [3.63, 3.8) is 0 Å². The first-order chi connectivity index (χ1) is 14.9. The summed E-state index contributed by atoms with van der Waals surface area (Å²) in [6.45, 7) is 8.52. The average Bonchev–Trinajstić information content (AvgIpc) is 2.75. The highest BCUT2D eigenvalue weighted by atomic mass is 31.2. The van der Waals surface area contributed by atoms with Crippen LogP contribution in [-0.2, 0) is 4.57 Å². The zero-order valence-electron chi connectivity index (χ0n) is 18.2. The summed E-state index contributed by atoms with van der Waals surface area (Å²) in [6, 6.07) is 25.7. The van der Waals surface area contributed by atoms with Crippen LogP contribution in [0.15, 0.2) is 97.1 Å². The molecule has 31 heavy (non-hydrogen) atoms. The fourth-order valence-electron chi connectivity index (χ4n) is 3.44. The van der Waals surface area contributed by atoms with E-state index in [1.165, 1.54) is 0 Å². The summed E-state index contributed by atoms with van der Waals surface area (Å²) in [6.07, 6.45) is 0.691. The first kappa shape index (κ1) is 22.7. The van der Waals surface area contributed by atoms with E-state index in [-0.39, 0.29) is 0 Å². The molecular weight excluding hydrogens is 407 g/mol. The van der Waals surface area contributed by atoms with E-state index < -0.39 is 13.3 Å². The molecule has 0 aliphatic rings. The summed E-state index contributed by atoms with van der Waals surface area (Å²) in [7, 11) is -2.15. The predicted molar refractivity (Wildman–Crippen MR) is 126 cm³/mol. The largest absolute Gasteiger partial charge is 0.497 e. The van der Waals surface area contributed by atoms with Crippen molar-refractivity contribution in [2.45, 2.75) is 25.9 Å². The lowest BCUT2D eigenvalue weighted by atomic mass is 9.97. The third kappa shape index (κ3) is 6.02. The molecule has 5 heteroatoms. The Balaban J connectivity index is 2.10. The van der Waals surface area contributed by atoms with Crippen LogP contribution in [0.5, 0.6) is 17.2 Å². The number of rotatable bonds is 10. The highest BCUT2D eigenvalue weighted by molar-refractivity contribution is 7.55. The Bertz CT molecular complexity index is 969. The van der Waals surface area contributed by atoms with E-state index in [1.807, 2.05) is 60.7 Å². The van der Waals surface area contributed by atoms with Crippen LogP contribution in [0.25, 0.3) is 0 Å². The monoisotopic (exact) mass is 436 g/mol. The maximum absolute atomic E-state index is 14.5. The molecule has 0 aliphatic carbocycles. The lowest BCUT2D eigenvalue weighted by Crippen LogP contribution is -2.14. The fourth-order valence-corrected chi connectivity index (χ4v) is 5.61. The molecular formula is C26H29O4P. The van der Waals surface area contributed by atoms with Crippen molar-refractivity contribution in [1.29, 1.82) is 0 Å². The Labute approximate surface area is 185 Å². The van der Waals surface area contributed by atoms with Gasteiger partial charge >= 0.3 is 7.60 Å². The smallest absolute Gasteiger partial charge is 0.442 e. The Kier molecular flexibility index (Phi) is 7.59. The van der Waals surface area contributed by atoms with E-state index in [1.54, 1.807) is 31.4 Å². The molecule has 0 spiro atoms. The number of methoxy groups -OCH3 is 1. The number of allylic oxidation sites excluding steroid dienone is 1. The Morgan fingerprint density at radius 1 is 0.806 bits per heavy atom. The van der Waals surface area contributed by atoms with Crippen LogP contribution >= 0.6 is 7.60 Å². The Hall–Kier alpha value is -2.97. The van der Waals surface area contributed by atoms with Crippen molar-refractivity contribution >= 4 is 7.60 Å². The first-order valence-electron chi connectivity index (χ1n) is 10.3. The molecule has 3 aromatic rings. The summed E-state index contributed by atoms with van der Waals surface area (Å²) in [5.41, 5.74) is 0.971. The molecule has 0 aromatic heterocycles. The van der Waals surface area contributed by atoms with Gasteiger partial charge in [-0.2, -0.15) is 0 Å². The van der Waals surface area contributed by atoms with Gasteiger partial charge in [0.25, 0.3) is 0 Å². The summed E-state index contributed by atoms with van der Waals surface area (Å²) < 4.78 is 32.0. The minimum atomic E-state index is -3.77. The normalized spacial score (nSPS) is 12.3. The van der Waals surface area contributed by atoms with Gasteiger partial charge < -0.3 is 13.8 Å². The Morgan fingerprint density at radius 2 is 1.29 bits per heavy atom. The van der Waals surface area contributed by atoms with Crippen molar-refractivity contribution in [2.75, 3.05) is 7.11 Å². The molecule has 0 N–H and O–H groups in total. The van der Waals surface area contributed by atoms with E-state index in [0.29, 0.717) is 23.8 Å². The highest BCUT2D eigenvalue weighted by Crippen LogP contribution is 2.63. The van der Waals surface area contributed by atoms with Crippen LogP contribution in [0.2, 0.25) is 0 Å². The topological polar surface area (TPSA) is 44.8 Å². The van der Waals surface area contributed by atoms with Crippen LogP contribution in [0.3, 0.4) is 0 Å². The van der Waals surface area contributed by atoms with E-state index in [9.17, 15) is 4.57 Å². The number of hydrogen-bond acceptors (Lipinski definition) is 4. The molecule has 3 aromatic carbocycles. The van der Waals surface area contributed by atoms with Crippen molar-refractivity contribution in [3.8, 4) is 17.2 Å². The zero-order valence-corrected chi connectivity index (χ0v) is 19.1. The van der Waals surface area contributed by atoms with Gasteiger partial charge in [-0.1, -0.05) is 74.5 Å². The maximum Gasteiger partial charge on any atom is 0.442 e. The molecule has 0 bridgehead atoms. The van der Waals surface area contributed by atoms with E-state index in [0.717, 1.165) is 16.9 Å². The van der Waals surface area contributed by atoms with Crippen LogP contribution in [-0.4, -0.2) is 7.11 Å². The quantitative estimate of drug-likeness (QED) is 0.241. The second-order valence-corrected chi connectivity index (χ2v) is 9.74. The molecule has 0 fully saturated rings. The molecule has 0 aliphatic heterocycles. The summed E-state index contributed by atoms with van der Waals surface area (Å²) in [4.78, 5) is 0. The van der Waals surface area contributed by atoms with Gasteiger partial charge in [-0.25, -0.2) is 4.57 Å². The second-order valence-electron chi connectivity index (χ2n) is 7.78. The number of ether oxygens (including phenoxy) is 1. The molecule has 0 heterocycles. The van der Waals surface area contributed by atoms with E-state index in [2.05, 4.69) is 20.4 Å². The van der Waals surface area contributed by atoms with Gasteiger partial charge in [0.05, 0.1) is 7.11 Å². The second kappa shape index (κ2) is 10.4. The van der Waals surface area contributed by atoms with E-state index in [4.69, 9.17) is 13.8 Å². The molecule has 1 atom stereocenters. The van der Waals surface area contributed by atoms with Gasteiger partial charge in [0.15, 0.2) is 0 Å². The summed E-state index contributed by atoms with van der Waals surface area (Å²) in [5, 5.41) is 0. The van der Waals surface area contributed by atoms with Crippen LogP contribution in [0.4, 0.5) is 0 Å². The number of hydrogen-bond donors (Lipinski definition) is 0. The predicted octanol–water partition coefficient (Wildman–Crippen LogP) is 7.69. The summed E-state index contributed by atoms with van der Waals surface area (Å²) >= 11 is 0. The molecule has 0 radical (unpaired) electrons. The van der Waals surface area contributed by atoms with Crippen molar-refractivity contribution in [1.82, 2.24) is 0 Å². The van der Waals surface area contributed by atoms with Gasteiger partial charge in [-0.15, -0.1) is 0 Å². The SMILES string of the molecule is C=C(CC(C)C)C(c1ccc(OC)cc1)P(=O)(Oc1ccccc1)Oc1ccccc1. The van der Waals surface area contributed by atoms with Gasteiger partial charge in [-0.05, 0) is 54.3 Å². The molecule has 0 saturated carbocycles. The molecule has 0 saturated heterocycles. The first-order valence-corrected chi connectivity index (χ1v) is 11.9. The molecule has 0 amide bonds. The minimum Gasteiger partial charge on any atom is -0.497 e. The zero-order chi connectivity index (χ0) is 22.3. The van der Waals surface area contributed by atoms with Crippen LogP contribution < -0.4 is 13.8 Å². The molecule has 3 rings (SSSR count). The van der Waals surface area contributed by atoms with Crippen LogP contribution in [0.1, 0.15) is 31.5 Å². The Morgan fingerprint density at radius 3 is 1.71 bits per heavy atom. The van der Waals surface area contributed by atoms with Crippen LogP contribution in [0, 0.1) is 5.92 Å². The number of benzene rings is 3. The van der Waals surface area contributed by atoms with Gasteiger partial charge in [0.1, 0.15) is 22.9 Å². The van der Waals surface area contributed by atoms with E-state index >= 15 is 0 Å². The fraction of sp³-hybridized carbons (Fsp3) is 0.231. The van der Waals surface area contributed by atoms with Crippen molar-refractivity contribution < 1.29 is 18.3 Å². The molecule has 4 nitrogen and oxygen atoms in total. The number of para-hydroxylation sites is 2. The summed E-state index contributed by atoms with van der Waals surface area (Å²) in [5.74, 6) is 2.03. The van der Waals surface area contributed by atoms with Gasteiger partial charge in [0.2, 0.25) is 0 Å². The lowest BCUT2D eigenvalue weighted by Gasteiger charge is -2.30. The minimum absolute atomic E-state index is 0.343. The highest BCUT2D eigenvalue weighted by Gasteiger charge is 2.42. The maximum atomic E-state index is 14.5. The van der Waals surface area contributed by atoms with Crippen molar-refractivity contribution in [3.05, 3.63) is 103 Å². The standard InChI is InChI=1S/C26H29O4P/c1-20(2)19-21(3)26(22-15-17-23(28-4)18-16-22)31(27,29-24-11-7-5-8-12-24)30-25-13-9-6-10-14-25/h5-18,20,26H,3,19H2,1-2,4H3. The van der Waals surface area contributed by atoms with Crippen molar-refractivity contribution in [2.24, 2.45) is 5.92 Å². The molecule has 162 valence electrons. The average molecular weight is 436 g/mol.